The van der Waals surface area contributed by atoms with E-state index in [1.807, 2.05) is 6.07 Å². The van der Waals surface area contributed by atoms with Crippen molar-refractivity contribution in [2.45, 2.75) is 19.9 Å². The van der Waals surface area contributed by atoms with Crippen LogP contribution in [0.2, 0.25) is 0 Å². The molecule has 0 fully saturated rings. The molecule has 1 rings (SSSR count). The van der Waals surface area contributed by atoms with E-state index in [4.69, 9.17) is 18.0 Å². The monoisotopic (exact) mass is 196 g/mol. The number of aryl methyl sites for hydroxylation is 2. The zero-order valence-electron chi connectivity index (χ0n) is 7.49. The van der Waals surface area contributed by atoms with Crippen molar-refractivity contribution in [1.29, 1.82) is 0 Å². The molecule has 1 heterocycles. The topological polar surface area (TPSA) is 48.0 Å². The molecule has 0 aliphatic heterocycles. The molecule has 0 saturated carbocycles. The van der Waals surface area contributed by atoms with Gasteiger partial charge >= 0.3 is 0 Å². The molecule has 1 aromatic rings. The Balaban J connectivity index is 2.84. The van der Waals surface area contributed by atoms with Gasteiger partial charge in [0.1, 0.15) is 0 Å². The molecule has 3 nitrogen and oxygen atoms in total. The minimum absolute atomic E-state index is 0.0266. The second kappa shape index (κ2) is 4.18. The number of thiocarbonyl (C=S) groups is 1. The third-order valence-electron chi connectivity index (χ3n) is 1.81. The van der Waals surface area contributed by atoms with E-state index in [1.54, 1.807) is 23.8 Å². The predicted molar refractivity (Wildman–Crippen MR) is 56.8 cm³/mol. The first-order chi connectivity index (χ1) is 6.11. The molecule has 13 heavy (non-hydrogen) atoms. The molecule has 0 saturated heterocycles. The molecular formula is C9H12N2OS. The average molecular weight is 196 g/mol. The van der Waals surface area contributed by atoms with Crippen LogP contribution in [0.5, 0.6) is 0 Å². The molecule has 0 atom stereocenters. The third-order valence-corrected chi connectivity index (χ3v) is 2.01. The molecule has 2 N–H and O–H groups in total. The lowest BCUT2D eigenvalue weighted by Gasteiger charge is -2.04. The van der Waals surface area contributed by atoms with Crippen molar-refractivity contribution < 1.29 is 0 Å². The Morgan fingerprint density at radius 1 is 1.69 bits per heavy atom. The summed E-state index contributed by atoms with van der Waals surface area (Å²) in [7, 11) is 0. The number of hydrogen-bond acceptors (Lipinski definition) is 2. The van der Waals surface area contributed by atoms with Crippen LogP contribution >= 0.6 is 12.2 Å². The highest BCUT2D eigenvalue weighted by molar-refractivity contribution is 7.80. The summed E-state index contributed by atoms with van der Waals surface area (Å²) in [6.45, 7) is 2.36. The average Bonchev–Trinajstić information content (AvgIpc) is 2.07. The quantitative estimate of drug-likeness (QED) is 0.728. The van der Waals surface area contributed by atoms with Crippen LogP contribution < -0.4 is 11.3 Å². The summed E-state index contributed by atoms with van der Waals surface area (Å²) in [5.41, 5.74) is 6.11. The SMILES string of the molecule is Cc1cccn(CCC(N)=S)c1=O. The zero-order valence-corrected chi connectivity index (χ0v) is 8.30. The van der Waals surface area contributed by atoms with Crippen molar-refractivity contribution in [3.8, 4) is 0 Å². The molecule has 0 spiro atoms. The van der Waals surface area contributed by atoms with Crippen LogP contribution in [0.4, 0.5) is 0 Å². The highest BCUT2D eigenvalue weighted by atomic mass is 32.1. The second-order valence-electron chi connectivity index (χ2n) is 2.91. The van der Waals surface area contributed by atoms with Crippen LogP contribution in [0.1, 0.15) is 12.0 Å². The highest BCUT2D eigenvalue weighted by Gasteiger charge is 1.98. The minimum Gasteiger partial charge on any atom is -0.393 e. The van der Waals surface area contributed by atoms with Crippen molar-refractivity contribution in [2.24, 2.45) is 5.73 Å². The van der Waals surface area contributed by atoms with Crippen LogP contribution in [0.15, 0.2) is 23.1 Å². The van der Waals surface area contributed by atoms with E-state index < -0.39 is 0 Å². The van der Waals surface area contributed by atoms with Gasteiger partial charge in [-0.2, -0.15) is 0 Å². The first-order valence-electron chi connectivity index (χ1n) is 4.05. The summed E-state index contributed by atoms with van der Waals surface area (Å²) in [5, 5.41) is 0. The first-order valence-corrected chi connectivity index (χ1v) is 4.46. The molecule has 4 heteroatoms. The first kappa shape index (κ1) is 9.92. The molecule has 0 amide bonds. The van der Waals surface area contributed by atoms with Gasteiger partial charge in [-0.25, -0.2) is 0 Å². The highest BCUT2D eigenvalue weighted by Crippen LogP contribution is 1.91. The minimum atomic E-state index is 0.0266. The number of aromatic nitrogens is 1. The van der Waals surface area contributed by atoms with Crippen LogP contribution in [0, 0.1) is 6.92 Å². The Morgan fingerprint density at radius 3 is 3.00 bits per heavy atom. The van der Waals surface area contributed by atoms with Crippen molar-refractivity contribution >= 4 is 17.2 Å². The molecule has 0 aliphatic carbocycles. The smallest absolute Gasteiger partial charge is 0.253 e. The molecule has 0 bridgehead atoms. The molecule has 0 aromatic carbocycles. The Morgan fingerprint density at radius 2 is 2.38 bits per heavy atom. The van der Waals surface area contributed by atoms with Gasteiger partial charge in [0.25, 0.3) is 5.56 Å². The van der Waals surface area contributed by atoms with E-state index in [0.29, 0.717) is 18.0 Å². The molecule has 0 aliphatic rings. The lowest BCUT2D eigenvalue weighted by atomic mass is 10.3. The predicted octanol–water partition coefficient (Wildman–Crippen LogP) is 0.833. The Hall–Kier alpha value is -1.16. The van der Waals surface area contributed by atoms with E-state index in [-0.39, 0.29) is 5.56 Å². The lowest BCUT2D eigenvalue weighted by molar-refractivity contribution is 0.691. The van der Waals surface area contributed by atoms with Gasteiger partial charge in [0.15, 0.2) is 0 Å². The molecule has 70 valence electrons. The van der Waals surface area contributed by atoms with Gasteiger partial charge in [-0.15, -0.1) is 0 Å². The maximum absolute atomic E-state index is 11.5. The van der Waals surface area contributed by atoms with Crippen molar-refractivity contribution in [2.75, 3.05) is 0 Å². The van der Waals surface area contributed by atoms with Gasteiger partial charge in [0, 0.05) is 24.7 Å². The maximum Gasteiger partial charge on any atom is 0.253 e. The fourth-order valence-corrected chi connectivity index (χ4v) is 1.15. The van der Waals surface area contributed by atoms with Crippen molar-refractivity contribution in [1.82, 2.24) is 4.57 Å². The van der Waals surface area contributed by atoms with Gasteiger partial charge in [-0.05, 0) is 13.0 Å². The zero-order chi connectivity index (χ0) is 9.84. The van der Waals surface area contributed by atoms with Crippen LogP contribution in [-0.4, -0.2) is 9.56 Å². The maximum atomic E-state index is 11.5. The van der Waals surface area contributed by atoms with E-state index in [0.717, 1.165) is 5.56 Å². The number of hydrogen-bond donors (Lipinski definition) is 1. The van der Waals surface area contributed by atoms with E-state index in [2.05, 4.69) is 0 Å². The van der Waals surface area contributed by atoms with E-state index in [9.17, 15) is 4.79 Å². The Kier molecular flexibility index (Phi) is 3.19. The van der Waals surface area contributed by atoms with Gasteiger partial charge < -0.3 is 10.3 Å². The lowest BCUT2D eigenvalue weighted by Crippen LogP contribution is -2.23. The number of rotatable bonds is 3. The van der Waals surface area contributed by atoms with Crippen molar-refractivity contribution in [3.63, 3.8) is 0 Å². The summed E-state index contributed by atoms with van der Waals surface area (Å²) in [6.07, 6.45) is 2.31. The molecule has 1 aromatic heterocycles. The van der Waals surface area contributed by atoms with Crippen LogP contribution in [0.3, 0.4) is 0 Å². The normalized spacial score (nSPS) is 9.92. The van der Waals surface area contributed by atoms with E-state index >= 15 is 0 Å². The van der Waals surface area contributed by atoms with E-state index in [1.165, 1.54) is 0 Å². The van der Waals surface area contributed by atoms with Gasteiger partial charge in [0.2, 0.25) is 0 Å². The Bertz CT molecular complexity index is 370. The molecule has 0 radical (unpaired) electrons. The fraction of sp³-hybridized carbons (Fsp3) is 0.333. The molecule has 0 unspecified atom stereocenters. The van der Waals surface area contributed by atoms with Crippen LogP contribution in [0.25, 0.3) is 0 Å². The number of pyridine rings is 1. The summed E-state index contributed by atoms with van der Waals surface area (Å²) in [4.78, 5) is 11.9. The van der Waals surface area contributed by atoms with Gasteiger partial charge in [0.05, 0.1) is 4.99 Å². The van der Waals surface area contributed by atoms with Gasteiger partial charge in [-0.3, -0.25) is 4.79 Å². The summed E-state index contributed by atoms with van der Waals surface area (Å²) < 4.78 is 1.62. The summed E-state index contributed by atoms with van der Waals surface area (Å²) in [5.74, 6) is 0. The fourth-order valence-electron chi connectivity index (χ4n) is 1.06. The molecular weight excluding hydrogens is 184 g/mol. The number of nitrogens with zero attached hydrogens (tertiary/aromatic N) is 1. The largest absolute Gasteiger partial charge is 0.393 e. The van der Waals surface area contributed by atoms with Gasteiger partial charge in [-0.1, -0.05) is 18.3 Å². The third kappa shape index (κ3) is 2.66. The standard InChI is InChI=1S/C9H12N2OS/c1-7-3-2-5-11(9(7)12)6-4-8(10)13/h2-3,5H,4,6H2,1H3,(H2,10,13). The second-order valence-corrected chi connectivity index (χ2v) is 3.43. The summed E-state index contributed by atoms with van der Waals surface area (Å²) >= 11 is 4.73. The summed E-state index contributed by atoms with van der Waals surface area (Å²) in [6, 6.07) is 3.63. The Labute approximate surface area is 82.2 Å². The van der Waals surface area contributed by atoms with Crippen molar-refractivity contribution in [3.05, 3.63) is 34.2 Å². The van der Waals surface area contributed by atoms with Crippen LogP contribution in [-0.2, 0) is 6.54 Å². The number of nitrogens with two attached hydrogens (primary N) is 1.